The lowest BCUT2D eigenvalue weighted by Crippen LogP contribution is -2.48. The smallest absolute Gasteiger partial charge is 0.241 e. The third kappa shape index (κ3) is 5.77. The summed E-state index contributed by atoms with van der Waals surface area (Å²) in [7, 11) is -3.06. The van der Waals surface area contributed by atoms with E-state index in [0.717, 1.165) is 0 Å². The number of carbonyl (C=O) groups is 2. The highest BCUT2D eigenvalue weighted by Crippen LogP contribution is 2.12. The molecule has 2 atom stereocenters. The van der Waals surface area contributed by atoms with Crippen LogP contribution in [0.2, 0.25) is 0 Å². The number of likely N-dealkylation sites (N-methyl/N-ethyl adjacent to an activating group) is 1. The van der Waals surface area contributed by atoms with Crippen LogP contribution in [0.5, 0.6) is 0 Å². The second kappa shape index (κ2) is 8.59. The zero-order valence-corrected chi connectivity index (χ0v) is 15.7. The van der Waals surface area contributed by atoms with E-state index in [2.05, 4.69) is 10.6 Å². The monoisotopic (exact) mass is 385 g/mol. The van der Waals surface area contributed by atoms with Gasteiger partial charge in [-0.25, -0.2) is 12.8 Å². The van der Waals surface area contributed by atoms with E-state index < -0.39 is 21.7 Å². The first kappa shape index (κ1) is 20.3. The summed E-state index contributed by atoms with van der Waals surface area (Å²) in [6.07, 6.45) is 0.417. The molecule has 2 N–H and O–H groups in total. The fourth-order valence-corrected chi connectivity index (χ4v) is 4.51. The predicted octanol–water partition coefficient (Wildman–Crippen LogP) is 0.778. The number of halogens is 1. The summed E-state index contributed by atoms with van der Waals surface area (Å²) >= 11 is 0. The zero-order chi connectivity index (χ0) is 19.3. The maximum atomic E-state index is 12.9. The molecule has 0 aromatic heterocycles. The summed E-state index contributed by atoms with van der Waals surface area (Å²) in [5, 5.41) is 5.40. The van der Waals surface area contributed by atoms with Gasteiger partial charge >= 0.3 is 0 Å². The Bertz CT molecular complexity index is 752. The molecule has 0 unspecified atom stereocenters. The molecular formula is C17H24FN3O4S. The number of anilines is 1. The first-order chi connectivity index (χ1) is 12.2. The van der Waals surface area contributed by atoms with Crippen molar-refractivity contribution in [3.05, 3.63) is 30.1 Å². The number of nitrogens with zero attached hydrogens (tertiary/aromatic N) is 1. The number of amides is 2. The van der Waals surface area contributed by atoms with Gasteiger partial charge in [0.05, 0.1) is 24.1 Å². The lowest BCUT2D eigenvalue weighted by atomic mass is 10.2. The highest BCUT2D eigenvalue weighted by Gasteiger charge is 2.30. The maximum Gasteiger partial charge on any atom is 0.241 e. The van der Waals surface area contributed by atoms with Crippen molar-refractivity contribution in [2.75, 3.05) is 29.9 Å². The molecule has 0 bridgehead atoms. The third-order valence-corrected chi connectivity index (χ3v) is 6.16. The van der Waals surface area contributed by atoms with Crippen LogP contribution in [0.4, 0.5) is 10.1 Å². The quantitative estimate of drug-likeness (QED) is 0.723. The van der Waals surface area contributed by atoms with E-state index in [1.165, 1.54) is 24.3 Å². The van der Waals surface area contributed by atoms with Gasteiger partial charge in [-0.1, -0.05) is 6.92 Å². The van der Waals surface area contributed by atoms with Gasteiger partial charge in [0.2, 0.25) is 11.8 Å². The summed E-state index contributed by atoms with van der Waals surface area (Å²) in [4.78, 5) is 26.2. The molecule has 1 aromatic rings. The highest BCUT2D eigenvalue weighted by molar-refractivity contribution is 7.91. The highest BCUT2D eigenvalue weighted by atomic mass is 32.2. The van der Waals surface area contributed by atoms with Crippen LogP contribution in [-0.4, -0.2) is 61.8 Å². The first-order valence-electron chi connectivity index (χ1n) is 8.50. The minimum Gasteiger partial charge on any atom is -0.351 e. The number of hydrogen-bond donors (Lipinski definition) is 2. The number of nitrogens with one attached hydrogen (secondary N) is 2. The second-order valence-corrected chi connectivity index (χ2v) is 8.63. The summed E-state index contributed by atoms with van der Waals surface area (Å²) in [6, 6.07) is 4.48. The summed E-state index contributed by atoms with van der Waals surface area (Å²) < 4.78 is 35.8. The van der Waals surface area contributed by atoms with Crippen LogP contribution in [0.15, 0.2) is 24.3 Å². The fourth-order valence-electron chi connectivity index (χ4n) is 2.83. The molecule has 0 aliphatic carbocycles. The zero-order valence-electron chi connectivity index (χ0n) is 14.9. The molecule has 0 radical (unpaired) electrons. The van der Waals surface area contributed by atoms with Crippen LogP contribution in [0.3, 0.4) is 0 Å². The SMILES string of the molecule is CCN(CC(=O)N[C@@H]1CCS(=O)(=O)C1)[C@@H](C)C(=O)Nc1ccc(F)cc1. The van der Waals surface area contributed by atoms with E-state index >= 15 is 0 Å². The molecule has 1 fully saturated rings. The molecule has 1 heterocycles. The maximum absolute atomic E-state index is 12.9. The van der Waals surface area contributed by atoms with Crippen LogP contribution < -0.4 is 10.6 Å². The number of hydrogen-bond acceptors (Lipinski definition) is 5. The largest absolute Gasteiger partial charge is 0.351 e. The van der Waals surface area contributed by atoms with Crippen LogP contribution >= 0.6 is 0 Å². The normalized spacial score (nSPS) is 19.9. The Morgan fingerprint density at radius 3 is 2.50 bits per heavy atom. The van der Waals surface area contributed by atoms with Gasteiger partial charge in [0.1, 0.15) is 5.82 Å². The van der Waals surface area contributed by atoms with Crippen molar-refractivity contribution in [3.8, 4) is 0 Å². The summed E-state index contributed by atoms with van der Waals surface area (Å²) in [5.74, 6) is -0.959. The molecule has 0 saturated carbocycles. The van der Waals surface area contributed by atoms with E-state index in [0.29, 0.717) is 18.7 Å². The van der Waals surface area contributed by atoms with Crippen molar-refractivity contribution in [3.63, 3.8) is 0 Å². The van der Waals surface area contributed by atoms with Crippen molar-refractivity contribution in [1.29, 1.82) is 0 Å². The molecule has 1 saturated heterocycles. The van der Waals surface area contributed by atoms with Gasteiger partial charge in [-0.05, 0) is 44.2 Å². The fraction of sp³-hybridized carbons (Fsp3) is 0.529. The molecule has 1 aromatic carbocycles. The van der Waals surface area contributed by atoms with E-state index in [1.54, 1.807) is 11.8 Å². The minimum atomic E-state index is -3.06. The average molecular weight is 385 g/mol. The molecular weight excluding hydrogens is 361 g/mol. The molecule has 144 valence electrons. The standard InChI is InChI=1S/C17H24FN3O4S/c1-3-21(10-16(22)19-15-8-9-26(24,25)11-15)12(2)17(23)20-14-6-4-13(18)5-7-14/h4-7,12,15H,3,8-11H2,1-2H3,(H,19,22)(H,20,23)/t12-,15+/m0/s1. The average Bonchev–Trinajstić information content (AvgIpc) is 2.92. The van der Waals surface area contributed by atoms with Gasteiger partial charge in [-0.15, -0.1) is 0 Å². The number of benzene rings is 1. The predicted molar refractivity (Wildman–Crippen MR) is 96.9 cm³/mol. The molecule has 26 heavy (non-hydrogen) atoms. The van der Waals surface area contributed by atoms with Crippen molar-refractivity contribution in [1.82, 2.24) is 10.2 Å². The van der Waals surface area contributed by atoms with E-state index in [4.69, 9.17) is 0 Å². The molecule has 1 aliphatic rings. The Kier molecular flexibility index (Phi) is 6.71. The minimum absolute atomic E-state index is 0.00888. The van der Waals surface area contributed by atoms with E-state index in [-0.39, 0.29) is 35.9 Å². The van der Waals surface area contributed by atoms with Gasteiger partial charge in [0.25, 0.3) is 0 Å². The Labute approximate surface area is 152 Å². The second-order valence-electron chi connectivity index (χ2n) is 6.40. The molecule has 0 spiro atoms. The molecule has 9 heteroatoms. The van der Waals surface area contributed by atoms with Gasteiger partial charge in [-0.2, -0.15) is 0 Å². The van der Waals surface area contributed by atoms with Crippen LogP contribution in [0, 0.1) is 5.82 Å². The number of sulfone groups is 1. The van der Waals surface area contributed by atoms with E-state index in [1.807, 2.05) is 6.92 Å². The van der Waals surface area contributed by atoms with Crippen LogP contribution in [0.1, 0.15) is 20.3 Å². The Hall–Kier alpha value is -2.00. The van der Waals surface area contributed by atoms with Crippen LogP contribution in [0.25, 0.3) is 0 Å². The summed E-state index contributed by atoms with van der Waals surface area (Å²) in [6.45, 7) is 3.96. The van der Waals surface area contributed by atoms with Crippen molar-refractivity contribution in [2.45, 2.75) is 32.4 Å². The Morgan fingerprint density at radius 1 is 1.31 bits per heavy atom. The first-order valence-corrected chi connectivity index (χ1v) is 10.3. The van der Waals surface area contributed by atoms with Gasteiger partial charge in [0, 0.05) is 11.7 Å². The molecule has 7 nitrogen and oxygen atoms in total. The van der Waals surface area contributed by atoms with Gasteiger partial charge in [0.15, 0.2) is 9.84 Å². The Morgan fingerprint density at radius 2 is 1.96 bits per heavy atom. The van der Waals surface area contributed by atoms with Crippen LogP contribution in [-0.2, 0) is 19.4 Å². The number of rotatable bonds is 7. The van der Waals surface area contributed by atoms with Crippen molar-refractivity contribution >= 4 is 27.3 Å². The van der Waals surface area contributed by atoms with E-state index in [9.17, 15) is 22.4 Å². The number of carbonyl (C=O) groups excluding carboxylic acids is 2. The van der Waals surface area contributed by atoms with Gasteiger partial charge in [-0.3, -0.25) is 14.5 Å². The lowest BCUT2D eigenvalue weighted by Gasteiger charge is -2.26. The Balaban J connectivity index is 1.88. The lowest BCUT2D eigenvalue weighted by molar-refractivity contribution is -0.125. The third-order valence-electron chi connectivity index (χ3n) is 4.39. The molecule has 2 amide bonds. The van der Waals surface area contributed by atoms with Crippen molar-refractivity contribution in [2.24, 2.45) is 0 Å². The topological polar surface area (TPSA) is 95.6 Å². The van der Waals surface area contributed by atoms with Gasteiger partial charge < -0.3 is 10.6 Å². The van der Waals surface area contributed by atoms with Crippen molar-refractivity contribution < 1.29 is 22.4 Å². The molecule has 2 rings (SSSR count). The molecule has 1 aliphatic heterocycles. The summed E-state index contributed by atoms with van der Waals surface area (Å²) in [5.41, 5.74) is 0.472.